The molecule has 4 rings (SSSR count). The topological polar surface area (TPSA) is 36.0 Å². The average molecular weight is 319 g/mol. The number of carbonyl (C=O) groups is 1. The Bertz CT molecular complexity index is 618. The fraction of sp³-hybridized carbons (Fsp3) is 0.588. The monoisotopic (exact) mass is 319 g/mol. The second kappa shape index (κ2) is 5.54. The fourth-order valence-electron chi connectivity index (χ4n) is 4.40. The van der Waals surface area contributed by atoms with Crippen LogP contribution in [-0.4, -0.2) is 85.2 Å². The Balaban J connectivity index is 1.60. The molecule has 3 saturated heterocycles. The second-order valence-corrected chi connectivity index (χ2v) is 6.98. The Morgan fingerprint density at radius 1 is 1.30 bits per heavy atom. The number of nitrogens with zero attached hydrogens (tertiary/aromatic N) is 3. The van der Waals surface area contributed by atoms with Gasteiger partial charge < -0.3 is 14.5 Å². The first-order chi connectivity index (χ1) is 11.1. The van der Waals surface area contributed by atoms with Crippen molar-refractivity contribution in [2.24, 2.45) is 0 Å². The third-order valence-corrected chi connectivity index (χ3v) is 5.27. The summed E-state index contributed by atoms with van der Waals surface area (Å²) < 4.78 is 19.6. The van der Waals surface area contributed by atoms with E-state index in [0.717, 1.165) is 26.2 Å². The highest BCUT2D eigenvalue weighted by Crippen LogP contribution is 2.35. The van der Waals surface area contributed by atoms with E-state index in [1.807, 2.05) is 4.90 Å². The van der Waals surface area contributed by atoms with Crippen LogP contribution in [0.3, 0.4) is 0 Å². The summed E-state index contributed by atoms with van der Waals surface area (Å²) in [5.74, 6) is -0.651. The predicted molar refractivity (Wildman–Crippen MR) is 83.8 cm³/mol. The van der Waals surface area contributed by atoms with Gasteiger partial charge in [-0.3, -0.25) is 9.69 Å². The van der Waals surface area contributed by atoms with Crippen LogP contribution in [0.2, 0.25) is 0 Å². The molecule has 0 bridgehead atoms. The van der Waals surface area contributed by atoms with Gasteiger partial charge in [-0.1, -0.05) is 12.1 Å². The number of likely N-dealkylation sites (tertiary alicyclic amines) is 1. The van der Waals surface area contributed by atoms with Gasteiger partial charge in [-0.05, 0) is 19.2 Å². The lowest BCUT2D eigenvalue weighted by Crippen LogP contribution is -2.80. The molecule has 124 valence electrons. The van der Waals surface area contributed by atoms with Crippen LogP contribution in [0.15, 0.2) is 24.3 Å². The van der Waals surface area contributed by atoms with Crippen LogP contribution in [0.25, 0.3) is 0 Å². The summed E-state index contributed by atoms with van der Waals surface area (Å²) in [4.78, 5) is 19.4. The molecule has 0 radical (unpaired) electrons. The molecule has 0 aliphatic carbocycles. The van der Waals surface area contributed by atoms with Gasteiger partial charge in [0.05, 0.1) is 30.4 Å². The number of halogens is 1. The van der Waals surface area contributed by atoms with E-state index in [2.05, 4.69) is 16.8 Å². The summed E-state index contributed by atoms with van der Waals surface area (Å²) >= 11 is 0. The maximum absolute atomic E-state index is 14.0. The Morgan fingerprint density at radius 3 is 2.83 bits per heavy atom. The summed E-state index contributed by atoms with van der Waals surface area (Å²) in [6.45, 7) is 5.49. The number of benzene rings is 1. The molecule has 0 unspecified atom stereocenters. The van der Waals surface area contributed by atoms with Crippen molar-refractivity contribution in [3.05, 3.63) is 35.6 Å². The molecule has 1 aromatic rings. The van der Waals surface area contributed by atoms with E-state index in [1.165, 1.54) is 6.07 Å². The molecule has 5 nitrogen and oxygen atoms in total. The summed E-state index contributed by atoms with van der Waals surface area (Å²) in [6.07, 6.45) is 0. The van der Waals surface area contributed by atoms with Crippen LogP contribution in [0, 0.1) is 5.82 Å². The lowest BCUT2D eigenvalue weighted by Gasteiger charge is -2.62. The molecule has 0 N–H and O–H groups in total. The minimum absolute atomic E-state index is 0.00234. The van der Waals surface area contributed by atoms with Gasteiger partial charge in [-0.25, -0.2) is 4.39 Å². The van der Waals surface area contributed by atoms with Crippen molar-refractivity contribution in [1.82, 2.24) is 14.7 Å². The van der Waals surface area contributed by atoms with Crippen molar-refractivity contribution < 1.29 is 13.9 Å². The van der Waals surface area contributed by atoms with E-state index in [4.69, 9.17) is 4.74 Å². The SMILES string of the molecule is CN1CC2(C1)CN(C(=O)c1ccccc1F)C[C@@H]1COCCN12. The maximum atomic E-state index is 14.0. The first kappa shape index (κ1) is 15.1. The first-order valence-corrected chi connectivity index (χ1v) is 8.16. The number of amides is 1. The summed E-state index contributed by atoms with van der Waals surface area (Å²) in [5, 5.41) is 0. The first-order valence-electron chi connectivity index (χ1n) is 8.16. The molecule has 1 atom stereocenters. The van der Waals surface area contributed by atoms with E-state index in [-0.39, 0.29) is 23.1 Å². The molecule has 3 heterocycles. The van der Waals surface area contributed by atoms with E-state index in [1.54, 1.807) is 18.2 Å². The van der Waals surface area contributed by atoms with Crippen LogP contribution < -0.4 is 0 Å². The standard InChI is InChI=1S/C17H22FN3O2/c1-19-10-17(11-19)12-20(8-13-9-23-7-6-21(13)17)16(22)14-4-2-3-5-15(14)18/h2-5,13H,6-12H2,1H3/t13-/m1/s1. The van der Waals surface area contributed by atoms with Gasteiger partial charge in [0.1, 0.15) is 5.82 Å². The number of hydrogen-bond donors (Lipinski definition) is 0. The van der Waals surface area contributed by atoms with Gasteiger partial charge in [0, 0.05) is 32.7 Å². The van der Waals surface area contributed by atoms with Gasteiger partial charge in [0.15, 0.2) is 0 Å². The van der Waals surface area contributed by atoms with Crippen molar-refractivity contribution in [2.45, 2.75) is 11.6 Å². The van der Waals surface area contributed by atoms with E-state index in [9.17, 15) is 9.18 Å². The summed E-state index contributed by atoms with van der Waals surface area (Å²) in [6, 6.07) is 6.45. The summed E-state index contributed by atoms with van der Waals surface area (Å²) in [7, 11) is 2.10. The van der Waals surface area contributed by atoms with Gasteiger partial charge >= 0.3 is 0 Å². The zero-order valence-electron chi connectivity index (χ0n) is 13.4. The van der Waals surface area contributed by atoms with Gasteiger partial charge in [0.25, 0.3) is 5.91 Å². The number of fused-ring (bicyclic) bond motifs is 2. The van der Waals surface area contributed by atoms with E-state index in [0.29, 0.717) is 19.7 Å². The normalized spacial score (nSPS) is 27.6. The number of piperazine rings is 1. The number of carbonyl (C=O) groups excluding carboxylic acids is 1. The minimum Gasteiger partial charge on any atom is -0.378 e. The van der Waals surface area contributed by atoms with Crippen molar-refractivity contribution in [2.75, 3.05) is 53.0 Å². The van der Waals surface area contributed by atoms with Crippen molar-refractivity contribution in [3.63, 3.8) is 0 Å². The minimum atomic E-state index is -0.445. The molecular formula is C17H22FN3O2. The molecule has 1 spiro atoms. The summed E-state index contributed by atoms with van der Waals surface area (Å²) in [5.41, 5.74) is 0.169. The molecule has 3 aliphatic heterocycles. The predicted octanol–water partition coefficient (Wildman–Crippen LogP) is 0.666. The average Bonchev–Trinajstić information content (AvgIpc) is 2.53. The molecule has 6 heteroatoms. The number of rotatable bonds is 1. The van der Waals surface area contributed by atoms with Crippen molar-refractivity contribution >= 4 is 5.91 Å². The molecular weight excluding hydrogens is 297 g/mol. The molecule has 3 aliphatic rings. The highest BCUT2D eigenvalue weighted by Gasteiger charge is 2.53. The van der Waals surface area contributed by atoms with Crippen LogP contribution in [0.4, 0.5) is 4.39 Å². The lowest BCUT2D eigenvalue weighted by molar-refractivity contribution is -0.153. The van der Waals surface area contributed by atoms with E-state index < -0.39 is 5.82 Å². The highest BCUT2D eigenvalue weighted by molar-refractivity contribution is 5.94. The smallest absolute Gasteiger partial charge is 0.256 e. The van der Waals surface area contributed by atoms with Gasteiger partial charge in [-0.2, -0.15) is 0 Å². The fourth-order valence-corrected chi connectivity index (χ4v) is 4.40. The third-order valence-electron chi connectivity index (χ3n) is 5.27. The quantitative estimate of drug-likeness (QED) is 0.762. The van der Waals surface area contributed by atoms with Gasteiger partial charge in [-0.15, -0.1) is 0 Å². The lowest BCUT2D eigenvalue weighted by atomic mass is 9.83. The van der Waals surface area contributed by atoms with E-state index >= 15 is 0 Å². The van der Waals surface area contributed by atoms with Crippen LogP contribution >= 0.6 is 0 Å². The van der Waals surface area contributed by atoms with Crippen LogP contribution in [-0.2, 0) is 4.74 Å². The molecule has 1 amide bonds. The highest BCUT2D eigenvalue weighted by atomic mass is 19.1. The number of hydrogen-bond acceptors (Lipinski definition) is 4. The molecule has 3 fully saturated rings. The number of likely N-dealkylation sites (N-methyl/N-ethyl adjacent to an activating group) is 1. The Kier molecular flexibility index (Phi) is 3.63. The number of ether oxygens (including phenoxy) is 1. The van der Waals surface area contributed by atoms with Gasteiger partial charge in [0.2, 0.25) is 0 Å². The molecule has 0 aromatic heterocycles. The molecule has 1 aromatic carbocycles. The van der Waals surface area contributed by atoms with Crippen molar-refractivity contribution in [1.29, 1.82) is 0 Å². The van der Waals surface area contributed by atoms with Crippen LogP contribution in [0.5, 0.6) is 0 Å². The zero-order chi connectivity index (χ0) is 16.0. The maximum Gasteiger partial charge on any atom is 0.256 e. The molecule has 23 heavy (non-hydrogen) atoms. The van der Waals surface area contributed by atoms with Crippen LogP contribution in [0.1, 0.15) is 10.4 Å². The third kappa shape index (κ3) is 2.45. The zero-order valence-corrected chi connectivity index (χ0v) is 13.4. The second-order valence-electron chi connectivity index (χ2n) is 6.98. The Hall–Kier alpha value is -1.50. The Labute approximate surface area is 135 Å². The largest absolute Gasteiger partial charge is 0.378 e. The number of morpholine rings is 1. The Morgan fingerprint density at radius 2 is 2.09 bits per heavy atom. The molecule has 0 saturated carbocycles. The van der Waals surface area contributed by atoms with Crippen molar-refractivity contribution in [3.8, 4) is 0 Å².